The molecule has 6 rings (SSSR count). The number of amides is 1. The lowest BCUT2D eigenvalue weighted by Crippen LogP contribution is -2.49. The minimum atomic E-state index is -1.85. The number of anilines is 1. The zero-order valence-corrected chi connectivity index (χ0v) is 20.4. The maximum Gasteiger partial charge on any atom is 0.341 e. The Bertz CT molecular complexity index is 1580. The summed E-state index contributed by atoms with van der Waals surface area (Å²) in [4.78, 5) is 41.6. The van der Waals surface area contributed by atoms with E-state index in [0.29, 0.717) is 32.2 Å². The van der Waals surface area contributed by atoms with E-state index in [1.807, 2.05) is 24.3 Å². The van der Waals surface area contributed by atoms with Gasteiger partial charge in [-0.2, -0.15) is 0 Å². The molecule has 1 unspecified atom stereocenters. The van der Waals surface area contributed by atoms with E-state index >= 15 is 0 Å². The molecule has 1 aliphatic carbocycles. The number of Topliss-reactive ketones (excluding diaryl/α,β-unsaturated/α-hetero) is 1. The van der Waals surface area contributed by atoms with E-state index in [2.05, 4.69) is 21.2 Å². The van der Waals surface area contributed by atoms with Crippen molar-refractivity contribution >= 4 is 55.8 Å². The highest BCUT2D eigenvalue weighted by Gasteiger charge is 2.62. The molecule has 3 N–H and O–H groups in total. The Morgan fingerprint density at radius 3 is 2.51 bits per heavy atom. The number of fused-ring (bicyclic) bond motifs is 4. The summed E-state index contributed by atoms with van der Waals surface area (Å²) in [6.45, 7) is 3.38. The Morgan fingerprint density at radius 2 is 1.80 bits per heavy atom. The second-order valence-corrected chi connectivity index (χ2v) is 9.85. The summed E-state index contributed by atoms with van der Waals surface area (Å²) in [7, 11) is 0. The average Bonchev–Trinajstić information content (AvgIpc) is 3.08. The Morgan fingerprint density at radius 1 is 1.09 bits per heavy atom. The minimum Gasteiger partial charge on any atom is -0.459 e. The van der Waals surface area contributed by atoms with Crippen LogP contribution in [0.5, 0.6) is 0 Å². The van der Waals surface area contributed by atoms with E-state index in [1.165, 1.54) is 0 Å². The number of nitrogens with one attached hydrogen (secondary N) is 1. The number of halogens is 1. The first-order valence-corrected chi connectivity index (χ1v) is 11.9. The molecule has 1 spiro atoms. The standard InChI is InChI=1S/C27H19BrN2O5/c1-12(2)34-25(32)21-24(29)35-23-16-8-4-6-13-5-3-7-15(19(13)16)22(31)20(23)27(21)17-11-14(28)9-10-18(17)30-26(27)33/h3-12H,29H2,1-2H3,(H,30,33). The largest absolute Gasteiger partial charge is 0.459 e. The van der Waals surface area contributed by atoms with Gasteiger partial charge in [0.25, 0.3) is 0 Å². The van der Waals surface area contributed by atoms with Gasteiger partial charge in [-0.15, -0.1) is 0 Å². The van der Waals surface area contributed by atoms with Crippen molar-refractivity contribution in [1.82, 2.24) is 0 Å². The molecule has 7 nitrogen and oxygen atoms in total. The van der Waals surface area contributed by atoms with Crippen molar-refractivity contribution in [3.63, 3.8) is 0 Å². The number of nitrogens with two attached hydrogens (primary N) is 1. The van der Waals surface area contributed by atoms with Gasteiger partial charge in [-0.25, -0.2) is 4.79 Å². The number of hydrogen-bond donors (Lipinski definition) is 2. The highest BCUT2D eigenvalue weighted by molar-refractivity contribution is 9.10. The van der Waals surface area contributed by atoms with Crippen molar-refractivity contribution in [1.29, 1.82) is 0 Å². The van der Waals surface area contributed by atoms with Gasteiger partial charge in [-0.1, -0.05) is 52.3 Å². The smallest absolute Gasteiger partial charge is 0.341 e. The second-order valence-electron chi connectivity index (χ2n) is 8.93. The molecule has 0 radical (unpaired) electrons. The SMILES string of the molecule is CC(C)OC(=O)C1=C(N)OC2=C(C(=O)c3cccc4cccc2c34)C12C(=O)Nc1ccc(Br)cc12. The number of rotatable bonds is 2. The zero-order valence-electron chi connectivity index (χ0n) is 18.8. The fourth-order valence-corrected chi connectivity index (χ4v) is 5.67. The summed E-state index contributed by atoms with van der Waals surface area (Å²) in [6, 6.07) is 16.2. The molecule has 3 aromatic rings. The van der Waals surface area contributed by atoms with Crippen molar-refractivity contribution in [2.24, 2.45) is 5.73 Å². The van der Waals surface area contributed by atoms with Gasteiger partial charge >= 0.3 is 5.97 Å². The molecule has 3 aromatic carbocycles. The fraction of sp³-hybridized carbons (Fsp3) is 0.148. The third-order valence-electron chi connectivity index (χ3n) is 6.58. The highest BCUT2D eigenvalue weighted by atomic mass is 79.9. The number of ketones is 1. The molecular formula is C27H19BrN2O5. The molecule has 3 aliphatic rings. The van der Waals surface area contributed by atoms with Gasteiger partial charge in [0.1, 0.15) is 16.7 Å². The Kier molecular flexibility index (Phi) is 4.50. The van der Waals surface area contributed by atoms with Crippen LogP contribution >= 0.6 is 15.9 Å². The van der Waals surface area contributed by atoms with Crippen molar-refractivity contribution < 1.29 is 23.9 Å². The van der Waals surface area contributed by atoms with Crippen LogP contribution in [0.25, 0.3) is 16.5 Å². The first-order valence-electron chi connectivity index (χ1n) is 11.1. The predicted molar refractivity (Wildman–Crippen MR) is 133 cm³/mol. The molecule has 0 saturated heterocycles. The van der Waals surface area contributed by atoms with E-state index < -0.39 is 29.2 Å². The van der Waals surface area contributed by atoms with Gasteiger partial charge < -0.3 is 20.5 Å². The number of benzene rings is 3. The number of ether oxygens (including phenoxy) is 2. The van der Waals surface area contributed by atoms with E-state index in [9.17, 15) is 14.4 Å². The molecule has 35 heavy (non-hydrogen) atoms. The summed E-state index contributed by atoms with van der Waals surface area (Å²) < 4.78 is 12.2. The van der Waals surface area contributed by atoms with E-state index in [4.69, 9.17) is 15.2 Å². The third-order valence-corrected chi connectivity index (χ3v) is 7.07. The van der Waals surface area contributed by atoms with E-state index in [0.717, 1.165) is 5.39 Å². The maximum absolute atomic E-state index is 14.2. The molecular weight excluding hydrogens is 512 g/mol. The predicted octanol–water partition coefficient (Wildman–Crippen LogP) is 4.55. The molecule has 8 heteroatoms. The molecule has 0 bridgehead atoms. The normalized spacial score (nSPS) is 20.2. The Balaban J connectivity index is 1.75. The molecule has 0 fully saturated rings. The summed E-state index contributed by atoms with van der Waals surface area (Å²) >= 11 is 3.47. The van der Waals surface area contributed by atoms with Gasteiger partial charge in [0.15, 0.2) is 5.78 Å². The number of carbonyl (C=O) groups is 3. The van der Waals surface area contributed by atoms with Crippen molar-refractivity contribution in [3.8, 4) is 0 Å². The number of hydrogen-bond acceptors (Lipinski definition) is 6. The Hall–Kier alpha value is -3.91. The molecule has 2 aliphatic heterocycles. The lowest BCUT2D eigenvalue weighted by molar-refractivity contribution is -0.144. The maximum atomic E-state index is 14.2. The quantitative estimate of drug-likeness (QED) is 0.470. The van der Waals surface area contributed by atoms with Crippen LogP contribution in [0.3, 0.4) is 0 Å². The van der Waals surface area contributed by atoms with Crippen LogP contribution in [0.1, 0.15) is 35.3 Å². The van der Waals surface area contributed by atoms with Crippen LogP contribution in [0.4, 0.5) is 5.69 Å². The van der Waals surface area contributed by atoms with Gasteiger partial charge in [0.2, 0.25) is 11.8 Å². The topological polar surface area (TPSA) is 108 Å². The molecule has 1 atom stereocenters. The van der Waals surface area contributed by atoms with Crippen LogP contribution < -0.4 is 11.1 Å². The average molecular weight is 531 g/mol. The zero-order chi connectivity index (χ0) is 24.6. The van der Waals surface area contributed by atoms with Crippen LogP contribution in [-0.4, -0.2) is 23.8 Å². The van der Waals surface area contributed by atoms with Crippen LogP contribution in [-0.2, 0) is 24.5 Å². The van der Waals surface area contributed by atoms with Gasteiger partial charge in [0, 0.05) is 32.2 Å². The van der Waals surface area contributed by atoms with Crippen molar-refractivity contribution in [3.05, 3.63) is 92.8 Å². The van der Waals surface area contributed by atoms with Crippen molar-refractivity contribution in [2.75, 3.05) is 5.32 Å². The second kappa shape index (κ2) is 7.29. The van der Waals surface area contributed by atoms with Gasteiger partial charge in [0.05, 0.1) is 11.7 Å². The van der Waals surface area contributed by atoms with Crippen LogP contribution in [0.2, 0.25) is 0 Å². The minimum absolute atomic E-state index is 0.0444. The Labute approximate surface area is 208 Å². The number of esters is 1. The third kappa shape index (κ3) is 2.74. The lowest BCUT2D eigenvalue weighted by Gasteiger charge is -2.39. The summed E-state index contributed by atoms with van der Waals surface area (Å²) in [5, 5.41) is 4.41. The highest BCUT2D eigenvalue weighted by Crippen LogP contribution is 2.57. The summed E-state index contributed by atoms with van der Waals surface area (Å²) in [5.74, 6) is -1.91. The summed E-state index contributed by atoms with van der Waals surface area (Å²) in [5.41, 5.74) is 6.32. The van der Waals surface area contributed by atoms with Gasteiger partial charge in [-0.05, 0) is 37.4 Å². The lowest BCUT2D eigenvalue weighted by atomic mass is 9.64. The van der Waals surface area contributed by atoms with E-state index in [-0.39, 0.29) is 22.8 Å². The molecule has 2 heterocycles. The van der Waals surface area contributed by atoms with E-state index in [1.54, 1.807) is 44.2 Å². The first kappa shape index (κ1) is 21.6. The van der Waals surface area contributed by atoms with Crippen LogP contribution in [0.15, 0.2) is 76.1 Å². The number of carbonyl (C=O) groups excluding carboxylic acids is 3. The van der Waals surface area contributed by atoms with Crippen LogP contribution in [0, 0.1) is 0 Å². The molecule has 174 valence electrons. The van der Waals surface area contributed by atoms with Gasteiger partial charge in [-0.3, -0.25) is 9.59 Å². The van der Waals surface area contributed by atoms with Crippen molar-refractivity contribution in [2.45, 2.75) is 25.4 Å². The first-order chi connectivity index (χ1) is 16.7. The molecule has 0 saturated carbocycles. The summed E-state index contributed by atoms with van der Waals surface area (Å²) in [6.07, 6.45) is -0.488. The monoisotopic (exact) mass is 530 g/mol. The molecule has 1 amide bonds. The fourth-order valence-electron chi connectivity index (χ4n) is 5.31. The molecule has 0 aromatic heterocycles.